The van der Waals surface area contributed by atoms with Crippen molar-refractivity contribution in [2.45, 2.75) is 6.54 Å². The Kier molecular flexibility index (Phi) is 5.40. The first kappa shape index (κ1) is 17.1. The third-order valence-corrected chi connectivity index (χ3v) is 3.97. The van der Waals surface area contributed by atoms with Gasteiger partial charge in [-0.2, -0.15) is 0 Å². The van der Waals surface area contributed by atoms with Gasteiger partial charge in [-0.3, -0.25) is 9.59 Å². The molecular formula is C18H18ClN3O3. The number of nitrogens with one attached hydrogen (secondary N) is 3. The zero-order valence-corrected chi connectivity index (χ0v) is 14.2. The third kappa shape index (κ3) is 4.64. The number of anilines is 1. The van der Waals surface area contributed by atoms with Gasteiger partial charge in [-0.05, 0) is 35.9 Å². The molecule has 0 aliphatic carbocycles. The van der Waals surface area contributed by atoms with Gasteiger partial charge >= 0.3 is 0 Å². The molecule has 0 saturated carbocycles. The molecular weight excluding hydrogens is 342 g/mol. The fourth-order valence-electron chi connectivity index (χ4n) is 2.48. The predicted octanol–water partition coefficient (Wildman–Crippen LogP) is 2.19. The van der Waals surface area contributed by atoms with Gasteiger partial charge in [0.2, 0.25) is 5.91 Å². The molecule has 0 fully saturated rings. The Morgan fingerprint density at radius 3 is 2.96 bits per heavy atom. The molecule has 1 aliphatic heterocycles. The molecule has 3 rings (SSSR count). The van der Waals surface area contributed by atoms with Crippen LogP contribution in [0.2, 0.25) is 5.02 Å². The van der Waals surface area contributed by atoms with E-state index in [1.54, 1.807) is 30.3 Å². The summed E-state index contributed by atoms with van der Waals surface area (Å²) in [5.41, 5.74) is 2.36. The van der Waals surface area contributed by atoms with Gasteiger partial charge in [-0.25, -0.2) is 0 Å². The molecule has 1 aliphatic rings. The summed E-state index contributed by atoms with van der Waals surface area (Å²) in [5.74, 6) is 0.428. The summed E-state index contributed by atoms with van der Waals surface area (Å²) in [4.78, 5) is 23.5. The van der Waals surface area contributed by atoms with Gasteiger partial charge < -0.3 is 20.7 Å². The Bertz CT molecular complexity index is 795. The van der Waals surface area contributed by atoms with E-state index in [0.29, 0.717) is 36.0 Å². The van der Waals surface area contributed by atoms with Crippen molar-refractivity contribution in [3.8, 4) is 5.75 Å². The van der Waals surface area contributed by atoms with Gasteiger partial charge in [0.05, 0.1) is 13.1 Å². The van der Waals surface area contributed by atoms with Gasteiger partial charge in [0, 0.05) is 22.8 Å². The summed E-state index contributed by atoms with van der Waals surface area (Å²) in [5, 5.41) is 9.14. The van der Waals surface area contributed by atoms with Gasteiger partial charge in [-0.1, -0.05) is 23.7 Å². The standard InChI is InChI=1S/C18H18ClN3O3/c19-13-2-1-3-15(8-13)25-7-6-20-17(23)11-21-14-5-4-12-10-22-18(24)16(12)9-14/h1-5,8-9,21H,6-7,10-11H2,(H,20,23)(H,22,24). The van der Waals surface area contributed by atoms with Crippen LogP contribution in [0.4, 0.5) is 5.69 Å². The average Bonchev–Trinajstić information content (AvgIpc) is 2.98. The summed E-state index contributed by atoms with van der Waals surface area (Å²) < 4.78 is 5.50. The monoisotopic (exact) mass is 359 g/mol. The molecule has 130 valence electrons. The molecule has 0 unspecified atom stereocenters. The fourth-order valence-corrected chi connectivity index (χ4v) is 2.66. The minimum absolute atomic E-state index is 0.0822. The van der Waals surface area contributed by atoms with Crippen molar-refractivity contribution in [2.24, 2.45) is 0 Å². The largest absolute Gasteiger partial charge is 0.492 e. The van der Waals surface area contributed by atoms with Crippen LogP contribution in [0.5, 0.6) is 5.75 Å². The molecule has 0 spiro atoms. The predicted molar refractivity (Wildman–Crippen MR) is 96.1 cm³/mol. The van der Waals surface area contributed by atoms with Crippen LogP contribution in [0, 0.1) is 0 Å². The summed E-state index contributed by atoms with van der Waals surface area (Å²) in [6.07, 6.45) is 0. The second-order valence-corrected chi connectivity index (χ2v) is 6.00. The maximum Gasteiger partial charge on any atom is 0.251 e. The summed E-state index contributed by atoms with van der Waals surface area (Å²) in [7, 11) is 0. The zero-order chi connectivity index (χ0) is 17.6. The first-order valence-corrected chi connectivity index (χ1v) is 8.30. The van der Waals surface area contributed by atoms with E-state index in [9.17, 15) is 9.59 Å². The lowest BCUT2D eigenvalue weighted by Gasteiger charge is -2.10. The lowest BCUT2D eigenvalue weighted by Crippen LogP contribution is -2.33. The number of rotatable bonds is 7. The molecule has 25 heavy (non-hydrogen) atoms. The smallest absolute Gasteiger partial charge is 0.251 e. The summed E-state index contributed by atoms with van der Waals surface area (Å²) >= 11 is 5.87. The zero-order valence-electron chi connectivity index (χ0n) is 13.5. The number of fused-ring (bicyclic) bond motifs is 1. The number of amides is 2. The third-order valence-electron chi connectivity index (χ3n) is 3.74. The molecule has 6 nitrogen and oxygen atoms in total. The summed E-state index contributed by atoms with van der Waals surface area (Å²) in [6, 6.07) is 12.6. The van der Waals surface area contributed by atoms with Crippen LogP contribution in [0.25, 0.3) is 0 Å². The minimum atomic E-state index is -0.153. The Labute approximate surface area is 150 Å². The SMILES string of the molecule is O=C(CNc1ccc2c(c1)C(=O)NC2)NCCOc1cccc(Cl)c1. The van der Waals surface area contributed by atoms with E-state index < -0.39 is 0 Å². The van der Waals surface area contributed by atoms with Crippen molar-refractivity contribution in [3.05, 3.63) is 58.6 Å². The van der Waals surface area contributed by atoms with Crippen LogP contribution in [0.3, 0.4) is 0 Å². The van der Waals surface area contributed by atoms with Gasteiger partial charge in [0.15, 0.2) is 0 Å². The van der Waals surface area contributed by atoms with Crippen molar-refractivity contribution in [3.63, 3.8) is 0 Å². The Hall–Kier alpha value is -2.73. The number of hydrogen-bond acceptors (Lipinski definition) is 4. The van der Waals surface area contributed by atoms with Gasteiger partial charge in [0.25, 0.3) is 5.91 Å². The molecule has 0 bridgehead atoms. The molecule has 1 heterocycles. The molecule has 0 radical (unpaired) electrons. The lowest BCUT2D eigenvalue weighted by atomic mass is 10.1. The maximum absolute atomic E-state index is 11.9. The van der Waals surface area contributed by atoms with E-state index in [1.165, 1.54) is 0 Å². The van der Waals surface area contributed by atoms with Crippen molar-refractivity contribution in [2.75, 3.05) is 25.0 Å². The second kappa shape index (κ2) is 7.90. The topological polar surface area (TPSA) is 79.5 Å². The number of hydrogen-bond donors (Lipinski definition) is 3. The van der Waals surface area contributed by atoms with Gasteiger partial charge in [0.1, 0.15) is 12.4 Å². The first-order chi connectivity index (χ1) is 12.1. The lowest BCUT2D eigenvalue weighted by molar-refractivity contribution is -0.119. The number of carbonyl (C=O) groups excluding carboxylic acids is 2. The molecule has 3 N–H and O–H groups in total. The molecule has 0 atom stereocenters. The fraction of sp³-hybridized carbons (Fsp3) is 0.222. The van der Waals surface area contributed by atoms with E-state index in [1.807, 2.05) is 12.1 Å². The van der Waals surface area contributed by atoms with Gasteiger partial charge in [-0.15, -0.1) is 0 Å². The van der Waals surface area contributed by atoms with E-state index >= 15 is 0 Å². The normalized spacial score (nSPS) is 12.3. The van der Waals surface area contributed by atoms with Crippen molar-refractivity contribution >= 4 is 29.1 Å². The van der Waals surface area contributed by atoms with Crippen LogP contribution in [0.1, 0.15) is 15.9 Å². The van der Waals surface area contributed by atoms with E-state index in [4.69, 9.17) is 16.3 Å². The van der Waals surface area contributed by atoms with E-state index in [0.717, 1.165) is 11.3 Å². The van der Waals surface area contributed by atoms with E-state index in [2.05, 4.69) is 16.0 Å². The van der Waals surface area contributed by atoms with Crippen LogP contribution in [-0.4, -0.2) is 31.5 Å². The Balaban J connectivity index is 1.38. The first-order valence-electron chi connectivity index (χ1n) is 7.92. The quantitative estimate of drug-likeness (QED) is 0.662. The molecule has 2 aromatic rings. The number of halogens is 1. The van der Waals surface area contributed by atoms with Crippen LogP contribution < -0.4 is 20.7 Å². The van der Waals surface area contributed by atoms with E-state index in [-0.39, 0.29) is 18.4 Å². The number of ether oxygens (including phenoxy) is 1. The van der Waals surface area contributed by atoms with Crippen LogP contribution in [0.15, 0.2) is 42.5 Å². The van der Waals surface area contributed by atoms with Crippen molar-refractivity contribution in [1.29, 1.82) is 0 Å². The molecule has 2 aromatic carbocycles. The molecule has 0 saturated heterocycles. The highest BCUT2D eigenvalue weighted by atomic mass is 35.5. The van der Waals surface area contributed by atoms with Crippen molar-refractivity contribution < 1.29 is 14.3 Å². The highest BCUT2D eigenvalue weighted by Gasteiger charge is 2.18. The highest BCUT2D eigenvalue weighted by molar-refractivity contribution is 6.30. The molecule has 7 heteroatoms. The number of carbonyl (C=O) groups is 2. The van der Waals surface area contributed by atoms with Crippen LogP contribution >= 0.6 is 11.6 Å². The maximum atomic E-state index is 11.9. The van der Waals surface area contributed by atoms with Crippen molar-refractivity contribution in [1.82, 2.24) is 10.6 Å². The summed E-state index contributed by atoms with van der Waals surface area (Å²) in [6.45, 7) is 1.42. The molecule has 0 aromatic heterocycles. The Morgan fingerprint density at radius 2 is 2.12 bits per heavy atom. The average molecular weight is 360 g/mol. The Morgan fingerprint density at radius 1 is 1.24 bits per heavy atom. The minimum Gasteiger partial charge on any atom is -0.492 e. The van der Waals surface area contributed by atoms with Crippen LogP contribution in [-0.2, 0) is 11.3 Å². The molecule has 2 amide bonds. The number of benzene rings is 2. The second-order valence-electron chi connectivity index (χ2n) is 5.56. The highest BCUT2D eigenvalue weighted by Crippen LogP contribution is 2.20.